The Morgan fingerprint density at radius 3 is 2.48 bits per heavy atom. The van der Waals surface area contributed by atoms with Crippen molar-refractivity contribution in [1.29, 1.82) is 0 Å². The molecule has 1 N–H and O–H groups in total. The summed E-state index contributed by atoms with van der Waals surface area (Å²) in [5, 5.41) is 2.63. The minimum Gasteiger partial charge on any atom is -0.480 e. The van der Waals surface area contributed by atoms with Crippen molar-refractivity contribution >= 4 is 23.1 Å². The van der Waals surface area contributed by atoms with Crippen LogP contribution < -0.4 is 14.8 Å². The zero-order chi connectivity index (χ0) is 19.4. The summed E-state index contributed by atoms with van der Waals surface area (Å²) in [7, 11) is 1.41. The number of anilines is 2. The molecule has 1 aromatic carbocycles. The van der Waals surface area contributed by atoms with Crippen molar-refractivity contribution in [2.24, 2.45) is 0 Å². The minimum atomic E-state index is -2.90. The van der Waals surface area contributed by atoms with E-state index in [0.29, 0.717) is 16.8 Å². The predicted molar refractivity (Wildman–Crippen MR) is 93.1 cm³/mol. The number of rotatable bonds is 6. The second-order valence-corrected chi connectivity index (χ2v) is 5.48. The van der Waals surface area contributed by atoms with Gasteiger partial charge in [-0.3, -0.25) is 0 Å². The van der Waals surface area contributed by atoms with Crippen LogP contribution in [-0.4, -0.2) is 28.7 Å². The Kier molecular flexibility index (Phi) is 5.60. The number of alkyl halides is 2. The summed E-state index contributed by atoms with van der Waals surface area (Å²) >= 11 is 5.69. The summed E-state index contributed by atoms with van der Waals surface area (Å²) in [4.78, 5) is 11.5. The fraction of sp³-hybridized carbons (Fsp3) is 0.118. The van der Waals surface area contributed by atoms with Gasteiger partial charge < -0.3 is 14.8 Å². The van der Waals surface area contributed by atoms with E-state index >= 15 is 0 Å². The lowest BCUT2D eigenvalue weighted by molar-refractivity contribution is -0.0498. The predicted octanol–water partition coefficient (Wildman–Crippen LogP) is 4.68. The van der Waals surface area contributed by atoms with Gasteiger partial charge in [0.1, 0.15) is 11.4 Å². The first kappa shape index (κ1) is 18.7. The van der Waals surface area contributed by atoms with Crippen LogP contribution >= 0.6 is 11.6 Å². The first-order chi connectivity index (χ1) is 13.0. The molecule has 0 saturated carbocycles. The summed E-state index contributed by atoms with van der Waals surface area (Å²) in [6, 6.07) is 7.63. The average molecular weight is 397 g/mol. The van der Waals surface area contributed by atoms with Gasteiger partial charge in [0, 0.05) is 11.8 Å². The van der Waals surface area contributed by atoms with E-state index in [-0.39, 0.29) is 22.7 Å². The number of benzene rings is 1. The molecule has 0 radical (unpaired) electrons. The summed E-state index contributed by atoms with van der Waals surface area (Å²) in [6.07, 6.45) is 2.46. The van der Waals surface area contributed by atoms with Crippen molar-refractivity contribution < 1.29 is 22.6 Å². The zero-order valence-corrected chi connectivity index (χ0v) is 14.5. The lowest BCUT2D eigenvalue weighted by atomic mass is 10.1. The number of halogens is 4. The summed E-state index contributed by atoms with van der Waals surface area (Å²) in [5.41, 5.74) is 1.63. The maximum absolute atomic E-state index is 13.9. The van der Waals surface area contributed by atoms with E-state index in [1.165, 1.54) is 25.4 Å². The van der Waals surface area contributed by atoms with Crippen molar-refractivity contribution in [1.82, 2.24) is 15.0 Å². The van der Waals surface area contributed by atoms with Gasteiger partial charge in [0.2, 0.25) is 11.2 Å². The van der Waals surface area contributed by atoms with E-state index in [0.717, 1.165) is 6.20 Å². The van der Waals surface area contributed by atoms with E-state index in [1.807, 2.05) is 0 Å². The van der Waals surface area contributed by atoms with Crippen LogP contribution in [0.2, 0.25) is 5.28 Å². The third-order valence-corrected chi connectivity index (χ3v) is 3.61. The third kappa shape index (κ3) is 4.56. The van der Waals surface area contributed by atoms with Crippen molar-refractivity contribution in [3.05, 3.63) is 53.8 Å². The van der Waals surface area contributed by atoms with Crippen LogP contribution in [0.15, 0.2) is 42.7 Å². The largest absolute Gasteiger partial charge is 0.480 e. The Labute approximate surface area is 157 Å². The summed E-state index contributed by atoms with van der Waals surface area (Å²) in [6.45, 7) is -2.90. The number of hydrogen-bond acceptors (Lipinski definition) is 6. The highest BCUT2D eigenvalue weighted by Gasteiger charge is 2.13. The second-order valence-electron chi connectivity index (χ2n) is 5.14. The van der Waals surface area contributed by atoms with Gasteiger partial charge in [-0.25, -0.2) is 14.4 Å². The average Bonchev–Trinajstić information content (AvgIpc) is 2.65. The smallest absolute Gasteiger partial charge is 0.387 e. The van der Waals surface area contributed by atoms with E-state index in [2.05, 4.69) is 25.0 Å². The Hall–Kier alpha value is -3.07. The number of methoxy groups -OCH3 is 1. The highest BCUT2D eigenvalue weighted by molar-refractivity contribution is 6.28. The summed E-state index contributed by atoms with van der Waals surface area (Å²) < 4.78 is 47.9. The molecule has 140 valence electrons. The number of nitrogens with one attached hydrogen (secondary N) is 1. The first-order valence-electron chi connectivity index (χ1n) is 7.50. The lowest BCUT2D eigenvalue weighted by Gasteiger charge is -2.12. The lowest BCUT2D eigenvalue weighted by Crippen LogP contribution is -2.02. The van der Waals surface area contributed by atoms with Crippen molar-refractivity contribution in [3.63, 3.8) is 0 Å². The van der Waals surface area contributed by atoms with Crippen molar-refractivity contribution in [3.8, 4) is 22.8 Å². The Balaban J connectivity index is 1.92. The molecule has 0 amide bonds. The molecule has 0 aliphatic carbocycles. The van der Waals surface area contributed by atoms with Crippen LogP contribution in [0.5, 0.6) is 11.6 Å². The van der Waals surface area contributed by atoms with Gasteiger partial charge in [-0.2, -0.15) is 13.8 Å². The molecule has 10 heteroatoms. The molecule has 0 atom stereocenters. The number of hydrogen-bond donors (Lipinski definition) is 1. The molecule has 6 nitrogen and oxygen atoms in total. The summed E-state index contributed by atoms with van der Waals surface area (Å²) in [5.74, 6) is -0.620. The normalized spacial score (nSPS) is 10.7. The highest BCUT2D eigenvalue weighted by atomic mass is 35.5. The van der Waals surface area contributed by atoms with Gasteiger partial charge in [0.15, 0.2) is 11.6 Å². The number of pyridine rings is 1. The van der Waals surface area contributed by atoms with Gasteiger partial charge >= 0.3 is 6.61 Å². The standard InChI is InChI=1S/C17H12ClF3N4O2/c1-26-15-13(24-14-12(19)8-23-16(18)25-14)6-10(7-22-15)9-2-4-11(5-3-9)27-17(20)21/h2-8,17H,1H3,(H,23,24,25). The molecule has 3 aromatic rings. The van der Waals surface area contributed by atoms with Crippen LogP contribution in [0.1, 0.15) is 0 Å². The Bertz CT molecular complexity index is 942. The number of ether oxygens (including phenoxy) is 2. The molecule has 3 rings (SSSR count). The Morgan fingerprint density at radius 2 is 1.81 bits per heavy atom. The van der Waals surface area contributed by atoms with Gasteiger partial charge in [0.25, 0.3) is 0 Å². The van der Waals surface area contributed by atoms with E-state index in [9.17, 15) is 13.2 Å². The molecule has 0 aliphatic rings. The van der Waals surface area contributed by atoms with Crippen LogP contribution in [0.4, 0.5) is 24.7 Å². The zero-order valence-electron chi connectivity index (χ0n) is 13.8. The molecule has 2 aromatic heterocycles. The quantitative estimate of drug-likeness (QED) is 0.610. The maximum atomic E-state index is 13.9. The van der Waals surface area contributed by atoms with Gasteiger partial charge in [-0.15, -0.1) is 0 Å². The molecule has 0 unspecified atom stereocenters. The van der Waals surface area contributed by atoms with Crippen molar-refractivity contribution in [2.45, 2.75) is 6.61 Å². The second kappa shape index (κ2) is 8.09. The molecule has 0 aliphatic heterocycles. The molecule has 0 fully saturated rings. The van der Waals surface area contributed by atoms with Crippen LogP contribution in [0, 0.1) is 5.82 Å². The number of aromatic nitrogens is 3. The minimum absolute atomic E-state index is 0.0336. The first-order valence-corrected chi connectivity index (χ1v) is 7.88. The maximum Gasteiger partial charge on any atom is 0.387 e. The van der Waals surface area contributed by atoms with E-state index < -0.39 is 12.4 Å². The van der Waals surface area contributed by atoms with Crippen molar-refractivity contribution in [2.75, 3.05) is 12.4 Å². The number of nitrogens with zero attached hydrogens (tertiary/aromatic N) is 3. The SMILES string of the molecule is COc1ncc(-c2ccc(OC(F)F)cc2)cc1Nc1nc(Cl)ncc1F. The third-order valence-electron chi connectivity index (χ3n) is 3.43. The molecular formula is C17H12ClF3N4O2. The molecule has 0 saturated heterocycles. The van der Waals surface area contributed by atoms with Crippen LogP contribution in [0.3, 0.4) is 0 Å². The van der Waals surface area contributed by atoms with Gasteiger partial charge in [-0.05, 0) is 35.4 Å². The van der Waals surface area contributed by atoms with E-state index in [4.69, 9.17) is 16.3 Å². The fourth-order valence-electron chi connectivity index (χ4n) is 2.25. The highest BCUT2D eigenvalue weighted by Crippen LogP contribution is 2.31. The molecule has 2 heterocycles. The topological polar surface area (TPSA) is 69.2 Å². The van der Waals surface area contributed by atoms with E-state index in [1.54, 1.807) is 18.2 Å². The molecular weight excluding hydrogens is 385 g/mol. The Morgan fingerprint density at radius 1 is 1.07 bits per heavy atom. The van der Waals surface area contributed by atoms with Gasteiger partial charge in [-0.1, -0.05) is 12.1 Å². The molecule has 0 bridgehead atoms. The fourth-order valence-corrected chi connectivity index (χ4v) is 2.39. The van der Waals surface area contributed by atoms with Gasteiger partial charge in [0.05, 0.1) is 13.3 Å². The van der Waals surface area contributed by atoms with Crippen LogP contribution in [-0.2, 0) is 0 Å². The molecule has 27 heavy (non-hydrogen) atoms. The monoisotopic (exact) mass is 396 g/mol. The van der Waals surface area contributed by atoms with Crippen LogP contribution in [0.25, 0.3) is 11.1 Å². The molecule has 0 spiro atoms.